The second-order valence-corrected chi connectivity index (χ2v) is 7.70. The Morgan fingerprint density at radius 3 is 2.58 bits per heavy atom. The smallest absolute Gasteiger partial charge is 0.00473 e. The Balaban J connectivity index is 1.79. The van der Waals surface area contributed by atoms with Gasteiger partial charge in [0.25, 0.3) is 0 Å². The number of fused-ring (bicyclic) bond motifs is 1. The highest BCUT2D eigenvalue weighted by Crippen LogP contribution is 2.38. The third-order valence-corrected chi connectivity index (χ3v) is 4.21. The highest BCUT2D eigenvalue weighted by molar-refractivity contribution is 5.39. The van der Waals surface area contributed by atoms with Gasteiger partial charge in [0.05, 0.1) is 0 Å². The molecule has 19 heavy (non-hydrogen) atoms. The Kier molecular flexibility index (Phi) is 4.35. The molecular weight excluding hydrogens is 230 g/mol. The highest BCUT2D eigenvalue weighted by Gasteiger charge is 2.27. The minimum Gasteiger partial charge on any atom is -0.328 e. The Hall–Kier alpha value is -0.820. The predicted octanol–water partition coefficient (Wildman–Crippen LogP) is 4.51. The first-order valence-corrected chi connectivity index (χ1v) is 7.68. The van der Waals surface area contributed by atoms with Crippen molar-refractivity contribution in [2.75, 3.05) is 0 Å². The summed E-state index contributed by atoms with van der Waals surface area (Å²) in [5.41, 5.74) is 9.85. The summed E-state index contributed by atoms with van der Waals surface area (Å²) < 4.78 is 0. The normalized spacial score (nSPS) is 21.4. The minimum absolute atomic E-state index is 0.357. The van der Waals surface area contributed by atoms with Gasteiger partial charge in [-0.15, -0.1) is 0 Å². The lowest BCUT2D eigenvalue weighted by Crippen LogP contribution is -2.30. The van der Waals surface area contributed by atoms with Crippen LogP contribution in [0.25, 0.3) is 0 Å². The molecule has 3 unspecified atom stereocenters. The third kappa shape index (κ3) is 4.07. The number of rotatable bonds is 5. The van der Waals surface area contributed by atoms with Crippen LogP contribution in [-0.4, -0.2) is 6.04 Å². The van der Waals surface area contributed by atoms with Crippen LogP contribution in [0.4, 0.5) is 0 Å². The van der Waals surface area contributed by atoms with Crippen molar-refractivity contribution >= 4 is 0 Å². The minimum atomic E-state index is 0.357. The van der Waals surface area contributed by atoms with E-state index < -0.39 is 0 Å². The number of hydrogen-bond donors (Lipinski definition) is 1. The predicted molar refractivity (Wildman–Crippen MR) is 83.3 cm³/mol. The highest BCUT2D eigenvalue weighted by atomic mass is 14.6. The lowest BCUT2D eigenvalue weighted by molar-refractivity contribution is 0.278. The van der Waals surface area contributed by atoms with Crippen molar-refractivity contribution in [3.05, 3.63) is 35.4 Å². The van der Waals surface area contributed by atoms with E-state index in [2.05, 4.69) is 52.0 Å². The molecular formula is C18H29N. The van der Waals surface area contributed by atoms with Crippen LogP contribution in [0.1, 0.15) is 64.0 Å². The van der Waals surface area contributed by atoms with Crippen LogP contribution in [0.2, 0.25) is 0 Å². The van der Waals surface area contributed by atoms with E-state index in [1.54, 1.807) is 5.56 Å². The molecule has 0 amide bonds. The van der Waals surface area contributed by atoms with Gasteiger partial charge in [-0.25, -0.2) is 0 Å². The van der Waals surface area contributed by atoms with Crippen LogP contribution in [0, 0.1) is 11.3 Å². The zero-order valence-electron chi connectivity index (χ0n) is 12.9. The van der Waals surface area contributed by atoms with Crippen LogP contribution in [0.3, 0.4) is 0 Å². The maximum Gasteiger partial charge on any atom is 0.00473 e. The molecule has 106 valence electrons. The lowest BCUT2D eigenvalue weighted by Gasteiger charge is -2.33. The van der Waals surface area contributed by atoms with Crippen molar-refractivity contribution in [2.24, 2.45) is 17.1 Å². The monoisotopic (exact) mass is 259 g/mol. The number of hydrogen-bond acceptors (Lipinski definition) is 1. The van der Waals surface area contributed by atoms with Crippen molar-refractivity contribution in [2.45, 2.75) is 65.3 Å². The van der Waals surface area contributed by atoms with Crippen molar-refractivity contribution < 1.29 is 0 Å². The lowest BCUT2D eigenvalue weighted by atomic mass is 9.73. The van der Waals surface area contributed by atoms with Crippen molar-refractivity contribution in [3.63, 3.8) is 0 Å². The molecule has 0 saturated carbocycles. The zero-order valence-corrected chi connectivity index (χ0v) is 12.9. The van der Waals surface area contributed by atoms with Crippen LogP contribution < -0.4 is 5.73 Å². The molecule has 2 N–H and O–H groups in total. The van der Waals surface area contributed by atoms with Gasteiger partial charge in [-0.2, -0.15) is 0 Å². The van der Waals surface area contributed by atoms with Gasteiger partial charge < -0.3 is 5.73 Å². The summed E-state index contributed by atoms with van der Waals surface area (Å²) in [6, 6.07) is 9.17. The Bertz CT molecular complexity index is 416. The van der Waals surface area contributed by atoms with E-state index in [1.807, 2.05) is 0 Å². The summed E-state index contributed by atoms with van der Waals surface area (Å²) in [4.78, 5) is 0. The van der Waals surface area contributed by atoms with Gasteiger partial charge in [0.2, 0.25) is 0 Å². The fraction of sp³-hybridized carbons (Fsp3) is 0.667. The van der Waals surface area contributed by atoms with Gasteiger partial charge in [-0.1, -0.05) is 52.0 Å². The van der Waals surface area contributed by atoms with Crippen molar-refractivity contribution in [1.82, 2.24) is 0 Å². The summed E-state index contributed by atoms with van der Waals surface area (Å²) in [7, 11) is 0. The topological polar surface area (TPSA) is 26.0 Å². The molecule has 1 aliphatic carbocycles. The fourth-order valence-corrected chi connectivity index (χ4v) is 3.68. The molecule has 0 saturated heterocycles. The standard InChI is InChI=1S/C18H29N/c1-13(12-18(2,3)4)9-16(19)11-15-10-14-7-5-6-8-17(14)15/h5-8,13,15-16H,9-12,19H2,1-4H3. The van der Waals surface area contributed by atoms with E-state index in [0.717, 1.165) is 18.8 Å². The molecule has 0 heterocycles. The van der Waals surface area contributed by atoms with E-state index in [0.29, 0.717) is 17.4 Å². The molecule has 0 spiro atoms. The van der Waals surface area contributed by atoms with Crippen molar-refractivity contribution in [1.29, 1.82) is 0 Å². The molecule has 0 aromatic heterocycles. The molecule has 3 atom stereocenters. The van der Waals surface area contributed by atoms with Crippen LogP contribution in [0.5, 0.6) is 0 Å². The Morgan fingerprint density at radius 2 is 1.95 bits per heavy atom. The maximum absolute atomic E-state index is 6.36. The Morgan fingerprint density at radius 1 is 1.26 bits per heavy atom. The fourth-order valence-electron chi connectivity index (χ4n) is 3.68. The summed E-state index contributed by atoms with van der Waals surface area (Å²) in [5.74, 6) is 1.44. The summed E-state index contributed by atoms with van der Waals surface area (Å²) in [6.45, 7) is 9.30. The number of nitrogens with two attached hydrogens (primary N) is 1. The van der Waals surface area contributed by atoms with Gasteiger partial charge in [0, 0.05) is 6.04 Å². The molecule has 1 aromatic carbocycles. The molecule has 1 nitrogen and oxygen atoms in total. The first kappa shape index (κ1) is 14.6. The van der Waals surface area contributed by atoms with E-state index in [-0.39, 0.29) is 0 Å². The molecule has 0 aliphatic heterocycles. The van der Waals surface area contributed by atoms with Gasteiger partial charge in [0.15, 0.2) is 0 Å². The summed E-state index contributed by atoms with van der Waals surface area (Å²) >= 11 is 0. The second-order valence-electron chi connectivity index (χ2n) is 7.70. The largest absolute Gasteiger partial charge is 0.328 e. The second kappa shape index (κ2) is 5.66. The molecule has 0 radical (unpaired) electrons. The van der Waals surface area contributed by atoms with Crippen LogP contribution in [0.15, 0.2) is 24.3 Å². The summed E-state index contributed by atoms with van der Waals surface area (Å²) in [6.07, 6.45) is 4.82. The molecule has 1 heteroatoms. The van der Waals surface area contributed by atoms with Crippen LogP contribution in [-0.2, 0) is 6.42 Å². The quantitative estimate of drug-likeness (QED) is 0.827. The van der Waals surface area contributed by atoms with E-state index in [9.17, 15) is 0 Å². The molecule has 2 rings (SSSR count). The van der Waals surface area contributed by atoms with Gasteiger partial charge in [-0.05, 0) is 54.1 Å². The molecule has 1 aliphatic rings. The molecule has 1 aromatic rings. The summed E-state index contributed by atoms with van der Waals surface area (Å²) in [5, 5.41) is 0. The first-order chi connectivity index (χ1) is 8.85. The van der Waals surface area contributed by atoms with E-state index >= 15 is 0 Å². The van der Waals surface area contributed by atoms with Gasteiger partial charge in [0.1, 0.15) is 0 Å². The van der Waals surface area contributed by atoms with E-state index in [4.69, 9.17) is 5.73 Å². The average molecular weight is 259 g/mol. The maximum atomic E-state index is 6.36. The third-order valence-electron chi connectivity index (χ3n) is 4.21. The number of benzene rings is 1. The average Bonchev–Trinajstić information content (AvgIpc) is 2.23. The Labute approximate surface area is 118 Å². The molecule has 0 fully saturated rings. The van der Waals surface area contributed by atoms with Gasteiger partial charge >= 0.3 is 0 Å². The van der Waals surface area contributed by atoms with Crippen LogP contribution >= 0.6 is 0 Å². The zero-order chi connectivity index (χ0) is 14.0. The molecule has 0 bridgehead atoms. The SMILES string of the molecule is CC(CC(N)CC1Cc2ccccc21)CC(C)(C)C. The van der Waals surface area contributed by atoms with Gasteiger partial charge in [-0.3, -0.25) is 0 Å². The first-order valence-electron chi connectivity index (χ1n) is 7.68. The van der Waals surface area contributed by atoms with E-state index in [1.165, 1.54) is 18.4 Å². The van der Waals surface area contributed by atoms with Crippen molar-refractivity contribution in [3.8, 4) is 0 Å².